The van der Waals surface area contributed by atoms with Gasteiger partial charge in [-0.15, -0.1) is 0 Å². The third kappa shape index (κ3) is 5.29. The summed E-state index contributed by atoms with van der Waals surface area (Å²) in [6.07, 6.45) is 3.13. The molecule has 6 unspecified atom stereocenters. The maximum absolute atomic E-state index is 15.2. The van der Waals surface area contributed by atoms with E-state index in [9.17, 15) is 34.9 Å². The van der Waals surface area contributed by atoms with E-state index in [0.717, 1.165) is 17.0 Å². The van der Waals surface area contributed by atoms with E-state index in [4.69, 9.17) is 11.6 Å². The summed E-state index contributed by atoms with van der Waals surface area (Å²) in [6, 6.07) is 24.0. The Balaban J connectivity index is 1.34. The number of benzene rings is 4. The number of nitro groups is 2. The average molecular weight is 773 g/mol. The lowest BCUT2D eigenvalue weighted by molar-refractivity contribution is -0.392. The summed E-state index contributed by atoms with van der Waals surface area (Å²) in [5.74, 6) is -7.43. The lowest BCUT2D eigenvalue weighted by atomic mass is 9.44. The summed E-state index contributed by atoms with van der Waals surface area (Å²) < 4.78 is 0. The van der Waals surface area contributed by atoms with E-state index in [2.05, 4.69) is 0 Å². The van der Waals surface area contributed by atoms with Gasteiger partial charge in [0.05, 0.1) is 32.8 Å². The summed E-state index contributed by atoms with van der Waals surface area (Å²) >= 11 is 6.57. The Morgan fingerprint density at radius 1 is 0.839 bits per heavy atom. The number of hydrogen-bond donors (Lipinski definition) is 1. The van der Waals surface area contributed by atoms with E-state index in [1.807, 2.05) is 0 Å². The second kappa shape index (κ2) is 13.4. The van der Waals surface area contributed by atoms with Crippen molar-refractivity contribution in [1.29, 1.82) is 0 Å². The van der Waals surface area contributed by atoms with Crippen LogP contribution in [0.1, 0.15) is 35.4 Å². The summed E-state index contributed by atoms with van der Waals surface area (Å²) in [6.45, 7) is 0. The number of imide groups is 1. The zero-order valence-electron chi connectivity index (χ0n) is 30.0. The van der Waals surface area contributed by atoms with Crippen LogP contribution in [0, 0.1) is 43.9 Å². The second-order valence-electron chi connectivity index (χ2n) is 14.7. The Kier molecular flexibility index (Phi) is 8.72. The van der Waals surface area contributed by atoms with Crippen molar-refractivity contribution in [2.75, 3.05) is 23.9 Å². The van der Waals surface area contributed by atoms with Crippen LogP contribution >= 0.6 is 11.6 Å². The molecule has 3 aliphatic carbocycles. The van der Waals surface area contributed by atoms with Crippen LogP contribution in [0.2, 0.25) is 5.02 Å². The van der Waals surface area contributed by atoms with Crippen LogP contribution in [0.15, 0.2) is 109 Å². The van der Waals surface area contributed by atoms with Gasteiger partial charge in [-0.25, -0.2) is 4.90 Å². The number of amides is 2. The Morgan fingerprint density at radius 3 is 2.07 bits per heavy atom. The molecule has 4 aromatic carbocycles. The Labute approximate surface area is 324 Å². The third-order valence-electron chi connectivity index (χ3n) is 11.8. The number of fused-ring (bicyclic) bond motifs is 4. The highest BCUT2D eigenvalue weighted by Crippen LogP contribution is 2.64. The molecule has 1 saturated heterocycles. The zero-order chi connectivity index (χ0) is 39.8. The predicted molar refractivity (Wildman–Crippen MR) is 206 cm³/mol. The molecule has 1 N–H and O–H groups in total. The fraction of sp³-hybridized carbons (Fsp3) is 0.238. The van der Waals surface area contributed by atoms with Gasteiger partial charge in [0.25, 0.3) is 0 Å². The number of Topliss-reactive ketones (excluding diaryl/α,β-unsaturated/α-hetero) is 1. The zero-order valence-corrected chi connectivity index (χ0v) is 30.8. The molecule has 1 heterocycles. The SMILES string of the molecule is CN(C)c1c([N+](=O)[O-])cc(N2C(=O)C3CC=C4C(CC5C(=O)C(c6ccccc6)=CC(=O)C5(c5ccccc5)C4c4cc(Cl)ccc4O)C3C2=O)cc1[N+](=O)[O-]. The Hall–Kier alpha value is -6.47. The van der Waals surface area contributed by atoms with E-state index in [-0.39, 0.29) is 57.7 Å². The van der Waals surface area contributed by atoms with E-state index < -0.39 is 68.0 Å². The van der Waals surface area contributed by atoms with Gasteiger partial charge < -0.3 is 10.0 Å². The monoisotopic (exact) mass is 772 g/mol. The fourth-order valence-electron chi connectivity index (χ4n) is 9.69. The number of carbonyl (C=O) groups excluding carboxylic acids is 4. The van der Waals surface area contributed by atoms with Gasteiger partial charge in [0.2, 0.25) is 11.8 Å². The molecule has 2 fully saturated rings. The molecular weight excluding hydrogens is 740 g/mol. The minimum atomic E-state index is -1.61. The molecular formula is C42H33ClN4O9. The van der Waals surface area contributed by atoms with Gasteiger partial charge in [-0.2, -0.15) is 0 Å². The molecule has 56 heavy (non-hydrogen) atoms. The minimum absolute atomic E-state index is 0.0121. The molecule has 4 aliphatic rings. The number of halogens is 1. The molecule has 14 heteroatoms. The number of hydrogen-bond acceptors (Lipinski definition) is 10. The van der Waals surface area contributed by atoms with Crippen LogP contribution in [0.4, 0.5) is 22.7 Å². The lowest BCUT2D eigenvalue weighted by Crippen LogP contribution is -2.58. The largest absolute Gasteiger partial charge is 0.508 e. The summed E-state index contributed by atoms with van der Waals surface area (Å²) in [4.78, 5) is 84.2. The molecule has 8 rings (SSSR count). The molecule has 0 spiro atoms. The molecule has 6 atom stereocenters. The number of phenols is 1. The van der Waals surface area contributed by atoms with Crippen LogP contribution in [0.5, 0.6) is 5.75 Å². The van der Waals surface area contributed by atoms with E-state index in [1.54, 1.807) is 72.8 Å². The highest BCUT2D eigenvalue weighted by atomic mass is 35.5. The molecule has 2 amide bonds. The highest BCUT2D eigenvalue weighted by Gasteiger charge is 2.66. The van der Waals surface area contributed by atoms with Crippen molar-refractivity contribution in [1.82, 2.24) is 0 Å². The normalized spacial score (nSPS) is 25.5. The lowest BCUT2D eigenvalue weighted by Gasteiger charge is -2.55. The number of ketones is 2. The highest BCUT2D eigenvalue weighted by molar-refractivity contribution is 6.32. The fourth-order valence-corrected chi connectivity index (χ4v) is 9.87. The molecule has 282 valence electrons. The Morgan fingerprint density at radius 2 is 1.46 bits per heavy atom. The topological polar surface area (TPSA) is 181 Å². The maximum atomic E-state index is 15.2. The number of allylic oxidation sites excluding steroid dienone is 4. The van der Waals surface area contributed by atoms with Crippen LogP contribution in [0.25, 0.3) is 5.57 Å². The second-order valence-corrected chi connectivity index (χ2v) is 15.2. The summed E-state index contributed by atoms with van der Waals surface area (Å²) in [7, 11) is 2.82. The van der Waals surface area contributed by atoms with E-state index in [0.29, 0.717) is 16.7 Å². The first-order valence-electron chi connectivity index (χ1n) is 17.9. The van der Waals surface area contributed by atoms with Gasteiger partial charge >= 0.3 is 11.4 Å². The van der Waals surface area contributed by atoms with Crippen molar-refractivity contribution in [3.05, 3.63) is 151 Å². The van der Waals surface area contributed by atoms with Crippen LogP contribution in [-0.2, 0) is 24.6 Å². The molecule has 0 bridgehead atoms. The number of nitrogens with zero attached hydrogens (tertiary/aromatic N) is 4. The first-order chi connectivity index (χ1) is 26.8. The van der Waals surface area contributed by atoms with E-state index in [1.165, 1.54) is 37.2 Å². The maximum Gasteiger partial charge on any atom is 0.301 e. The van der Waals surface area contributed by atoms with Gasteiger partial charge in [-0.1, -0.05) is 83.9 Å². The quantitative estimate of drug-likeness (QED) is 0.0893. The first kappa shape index (κ1) is 36.5. The van der Waals surface area contributed by atoms with Crippen molar-refractivity contribution >= 4 is 63.3 Å². The van der Waals surface area contributed by atoms with Gasteiger partial charge in [-0.3, -0.25) is 39.4 Å². The van der Waals surface area contributed by atoms with Crippen LogP contribution < -0.4 is 9.80 Å². The standard InChI is InChI=1S/C42H33ClN4O9/c1-44(2)38-32(46(53)54)18-25(19-33(38)47(55)56)45-40(51)27-15-14-26-29(36(27)41(45)52)20-31-39(50)28(22-9-5-3-6-10-22)21-35(49)42(31,23-11-7-4-8-12-23)37(26)30-17-24(43)13-16-34(30)48/h3-14,16-19,21,27,29,31,36-37,48H,15,20H2,1-2H3. The number of carbonyl (C=O) groups is 4. The van der Waals surface area contributed by atoms with Crippen molar-refractivity contribution in [2.45, 2.75) is 24.2 Å². The number of rotatable bonds is 7. The Bertz CT molecular complexity index is 2430. The van der Waals surface area contributed by atoms with Crippen molar-refractivity contribution in [3.63, 3.8) is 0 Å². The van der Waals surface area contributed by atoms with Crippen LogP contribution in [0.3, 0.4) is 0 Å². The number of aromatic hydroxyl groups is 1. The number of anilines is 2. The van der Waals surface area contributed by atoms with Gasteiger partial charge in [0, 0.05) is 54.2 Å². The minimum Gasteiger partial charge on any atom is -0.508 e. The number of nitro benzene ring substituents is 2. The third-order valence-corrected chi connectivity index (χ3v) is 12.1. The number of phenolic OH excluding ortho intramolecular Hbond substituents is 1. The van der Waals surface area contributed by atoms with Crippen LogP contribution in [-0.4, -0.2) is 52.4 Å². The van der Waals surface area contributed by atoms with E-state index >= 15 is 9.59 Å². The van der Waals surface area contributed by atoms with Gasteiger partial charge in [0.1, 0.15) is 5.75 Å². The smallest absolute Gasteiger partial charge is 0.301 e. The van der Waals surface area contributed by atoms with Crippen molar-refractivity contribution in [3.8, 4) is 5.75 Å². The first-order valence-corrected chi connectivity index (χ1v) is 18.3. The van der Waals surface area contributed by atoms with Gasteiger partial charge in [0.15, 0.2) is 17.3 Å². The molecule has 1 aliphatic heterocycles. The molecule has 0 radical (unpaired) electrons. The summed E-state index contributed by atoms with van der Waals surface area (Å²) in [5.41, 5.74) is -1.50. The van der Waals surface area contributed by atoms with Crippen molar-refractivity contribution < 1.29 is 34.1 Å². The average Bonchev–Trinajstić information content (AvgIpc) is 3.45. The molecule has 1 saturated carbocycles. The van der Waals surface area contributed by atoms with Gasteiger partial charge in [-0.05, 0) is 54.2 Å². The molecule has 13 nitrogen and oxygen atoms in total. The summed E-state index contributed by atoms with van der Waals surface area (Å²) in [5, 5.41) is 36.3. The predicted octanol–water partition coefficient (Wildman–Crippen LogP) is 6.96. The van der Waals surface area contributed by atoms with Crippen molar-refractivity contribution in [2.24, 2.45) is 23.7 Å². The molecule has 4 aromatic rings. The molecule has 0 aromatic heterocycles.